The van der Waals surface area contributed by atoms with E-state index in [1.54, 1.807) is 24.4 Å². The molecule has 30 heavy (non-hydrogen) atoms. The molecule has 0 amide bonds. The third kappa shape index (κ3) is 6.83. The van der Waals surface area contributed by atoms with Crippen molar-refractivity contribution in [3.63, 3.8) is 0 Å². The molecule has 6 nitrogen and oxygen atoms in total. The van der Waals surface area contributed by atoms with Gasteiger partial charge in [-0.05, 0) is 31.5 Å². The van der Waals surface area contributed by atoms with Crippen molar-refractivity contribution in [3.8, 4) is 5.75 Å². The summed E-state index contributed by atoms with van der Waals surface area (Å²) in [7, 11) is 0. The van der Waals surface area contributed by atoms with Crippen LogP contribution in [0.15, 0.2) is 47.6 Å². The molecular formula is C20H25ClF2IN5O. The Bertz CT molecular complexity index is 842. The number of guanidine groups is 1. The number of ether oxygens (including phenoxy) is 1. The molecule has 1 aromatic heterocycles. The number of aliphatic imine (C=N–C) groups is 1. The van der Waals surface area contributed by atoms with Crippen LogP contribution in [0.1, 0.15) is 18.9 Å². The zero-order chi connectivity index (χ0) is 20.6. The minimum Gasteiger partial charge on any atom is -0.434 e. The van der Waals surface area contributed by atoms with Gasteiger partial charge in [-0.15, -0.1) is 24.0 Å². The van der Waals surface area contributed by atoms with Gasteiger partial charge in [0.25, 0.3) is 0 Å². The van der Waals surface area contributed by atoms with Crippen LogP contribution in [0.3, 0.4) is 0 Å². The van der Waals surface area contributed by atoms with Crippen LogP contribution in [0.25, 0.3) is 0 Å². The van der Waals surface area contributed by atoms with E-state index in [-0.39, 0.29) is 42.3 Å². The van der Waals surface area contributed by atoms with Gasteiger partial charge < -0.3 is 20.3 Å². The van der Waals surface area contributed by atoms with E-state index in [1.807, 2.05) is 19.1 Å². The van der Waals surface area contributed by atoms with E-state index in [0.717, 1.165) is 25.3 Å². The number of para-hydroxylation sites is 1. The Kier molecular flexibility index (Phi) is 9.83. The lowest BCUT2D eigenvalue weighted by molar-refractivity contribution is -0.0504. The van der Waals surface area contributed by atoms with Gasteiger partial charge in [0.1, 0.15) is 11.6 Å². The molecule has 2 heterocycles. The maximum atomic E-state index is 12.6. The summed E-state index contributed by atoms with van der Waals surface area (Å²) in [5.74, 6) is 1.54. The van der Waals surface area contributed by atoms with E-state index in [4.69, 9.17) is 11.6 Å². The second-order valence-electron chi connectivity index (χ2n) is 6.57. The fraction of sp³-hybridized carbons (Fsp3) is 0.400. The lowest BCUT2D eigenvalue weighted by atomic mass is 10.2. The fourth-order valence-electron chi connectivity index (χ4n) is 3.20. The minimum atomic E-state index is -2.87. The monoisotopic (exact) mass is 551 g/mol. The van der Waals surface area contributed by atoms with E-state index >= 15 is 0 Å². The highest BCUT2D eigenvalue weighted by molar-refractivity contribution is 14.0. The normalized spacial score (nSPS) is 16.4. The quantitative estimate of drug-likeness (QED) is 0.306. The molecule has 0 bridgehead atoms. The van der Waals surface area contributed by atoms with E-state index in [0.29, 0.717) is 23.1 Å². The molecule has 2 N–H and O–H groups in total. The van der Waals surface area contributed by atoms with Crippen LogP contribution in [0, 0.1) is 0 Å². The summed E-state index contributed by atoms with van der Waals surface area (Å²) in [6.07, 6.45) is 2.63. The van der Waals surface area contributed by atoms with Crippen LogP contribution >= 0.6 is 35.6 Å². The number of aromatic nitrogens is 1. The maximum absolute atomic E-state index is 12.6. The highest BCUT2D eigenvalue weighted by Crippen LogP contribution is 2.26. The van der Waals surface area contributed by atoms with E-state index < -0.39 is 6.61 Å². The Morgan fingerprint density at radius 1 is 1.33 bits per heavy atom. The molecule has 1 aliphatic heterocycles. The third-order valence-electron chi connectivity index (χ3n) is 4.51. The van der Waals surface area contributed by atoms with Gasteiger partial charge in [0.15, 0.2) is 5.96 Å². The van der Waals surface area contributed by atoms with Crippen molar-refractivity contribution in [3.05, 3.63) is 53.2 Å². The van der Waals surface area contributed by atoms with Gasteiger partial charge in [-0.1, -0.05) is 29.8 Å². The van der Waals surface area contributed by atoms with Crippen LogP contribution in [0.4, 0.5) is 14.6 Å². The van der Waals surface area contributed by atoms with Crippen molar-refractivity contribution in [1.29, 1.82) is 0 Å². The molecular weight excluding hydrogens is 527 g/mol. The molecule has 0 saturated carbocycles. The average molecular weight is 552 g/mol. The second kappa shape index (κ2) is 12.1. The van der Waals surface area contributed by atoms with Crippen LogP contribution in [-0.4, -0.2) is 43.2 Å². The molecule has 3 rings (SSSR count). The van der Waals surface area contributed by atoms with Gasteiger partial charge in [0.05, 0.1) is 11.6 Å². The largest absolute Gasteiger partial charge is 0.434 e. The summed E-state index contributed by atoms with van der Waals surface area (Å²) in [6, 6.07) is 10.5. The fourth-order valence-corrected chi connectivity index (χ4v) is 3.44. The van der Waals surface area contributed by atoms with Gasteiger partial charge in [0, 0.05) is 37.4 Å². The summed E-state index contributed by atoms with van der Waals surface area (Å²) in [6.45, 7) is 1.59. The lowest BCUT2D eigenvalue weighted by Gasteiger charge is -2.20. The van der Waals surface area contributed by atoms with Crippen LogP contribution in [0.5, 0.6) is 5.75 Å². The average Bonchev–Trinajstić information content (AvgIpc) is 3.15. The number of rotatable bonds is 7. The summed E-state index contributed by atoms with van der Waals surface area (Å²) in [5, 5.41) is 7.23. The van der Waals surface area contributed by atoms with Gasteiger partial charge in [-0.3, -0.25) is 0 Å². The number of nitrogens with zero attached hydrogens (tertiary/aromatic N) is 3. The van der Waals surface area contributed by atoms with Crippen molar-refractivity contribution in [2.75, 3.05) is 24.5 Å². The predicted molar refractivity (Wildman–Crippen MR) is 126 cm³/mol. The number of pyridine rings is 1. The molecule has 2 aromatic rings. The Morgan fingerprint density at radius 2 is 2.13 bits per heavy atom. The summed E-state index contributed by atoms with van der Waals surface area (Å²) in [4.78, 5) is 11.0. The van der Waals surface area contributed by atoms with Gasteiger partial charge >= 0.3 is 6.61 Å². The highest BCUT2D eigenvalue weighted by Gasteiger charge is 2.25. The summed E-state index contributed by atoms with van der Waals surface area (Å²) >= 11 is 6.25. The lowest BCUT2D eigenvalue weighted by Crippen LogP contribution is -2.44. The zero-order valence-corrected chi connectivity index (χ0v) is 19.6. The molecule has 1 unspecified atom stereocenters. The Hall–Kier alpha value is -1.88. The number of anilines is 1. The minimum absolute atomic E-state index is 0. The van der Waals surface area contributed by atoms with Crippen molar-refractivity contribution < 1.29 is 13.5 Å². The first-order valence-corrected chi connectivity index (χ1v) is 9.87. The molecule has 0 aliphatic carbocycles. The standard InChI is InChI=1S/C20H24ClF2N5O.HI/c1-2-24-20(26-12-14-6-3-4-8-17(14)29-19(22)23)27-15-9-11-28(13-15)18-16(21)7-5-10-25-18;/h3-8,10,15,19H,2,9,11-13H2,1H3,(H2,24,26,27);1H. The molecule has 0 spiro atoms. The third-order valence-corrected chi connectivity index (χ3v) is 4.80. The first kappa shape index (κ1) is 24.4. The molecule has 1 aromatic carbocycles. The van der Waals surface area contributed by atoms with Crippen molar-refractivity contribution in [2.24, 2.45) is 4.99 Å². The SMILES string of the molecule is CCNC(=NCc1ccccc1OC(F)F)NC1CCN(c2ncccc2Cl)C1.I. The number of hydrogen-bond acceptors (Lipinski definition) is 4. The van der Waals surface area contributed by atoms with E-state index in [9.17, 15) is 8.78 Å². The second-order valence-corrected chi connectivity index (χ2v) is 6.97. The molecule has 1 saturated heterocycles. The van der Waals surface area contributed by atoms with Crippen molar-refractivity contribution in [2.45, 2.75) is 32.5 Å². The number of alkyl halides is 2. The van der Waals surface area contributed by atoms with Gasteiger partial charge in [0.2, 0.25) is 0 Å². The number of benzene rings is 1. The molecule has 1 aliphatic rings. The summed E-state index contributed by atoms with van der Waals surface area (Å²) in [5.41, 5.74) is 0.596. The Balaban J connectivity index is 0.00000320. The zero-order valence-electron chi connectivity index (χ0n) is 16.5. The molecule has 164 valence electrons. The highest BCUT2D eigenvalue weighted by atomic mass is 127. The first-order chi connectivity index (χ1) is 14.1. The van der Waals surface area contributed by atoms with E-state index in [1.165, 1.54) is 6.07 Å². The molecule has 1 fully saturated rings. The van der Waals surface area contributed by atoms with E-state index in [2.05, 4.69) is 30.2 Å². The number of halogens is 4. The molecule has 10 heteroatoms. The van der Waals surface area contributed by atoms with Crippen LogP contribution in [0.2, 0.25) is 5.02 Å². The Labute approximate surface area is 197 Å². The predicted octanol–water partition coefficient (Wildman–Crippen LogP) is 4.29. The molecule has 1 atom stereocenters. The topological polar surface area (TPSA) is 61.8 Å². The van der Waals surface area contributed by atoms with Crippen molar-refractivity contribution in [1.82, 2.24) is 15.6 Å². The number of hydrogen-bond donors (Lipinski definition) is 2. The smallest absolute Gasteiger partial charge is 0.387 e. The Morgan fingerprint density at radius 3 is 2.87 bits per heavy atom. The van der Waals surface area contributed by atoms with Crippen LogP contribution < -0.4 is 20.3 Å². The van der Waals surface area contributed by atoms with Gasteiger partial charge in [-0.2, -0.15) is 8.78 Å². The van der Waals surface area contributed by atoms with Gasteiger partial charge in [-0.25, -0.2) is 9.98 Å². The first-order valence-electron chi connectivity index (χ1n) is 9.50. The van der Waals surface area contributed by atoms with Crippen molar-refractivity contribution >= 4 is 47.4 Å². The maximum Gasteiger partial charge on any atom is 0.387 e. The number of nitrogens with one attached hydrogen (secondary N) is 2. The summed E-state index contributed by atoms with van der Waals surface area (Å²) < 4.78 is 29.8. The van der Waals surface area contributed by atoms with Crippen LogP contribution in [-0.2, 0) is 6.54 Å². The molecule has 0 radical (unpaired) electrons.